The van der Waals surface area contributed by atoms with Gasteiger partial charge in [-0.3, -0.25) is 9.89 Å². The van der Waals surface area contributed by atoms with Crippen LogP contribution in [0.2, 0.25) is 0 Å². The van der Waals surface area contributed by atoms with Crippen LogP contribution < -0.4 is 5.32 Å². The number of hydrogen-bond acceptors (Lipinski definition) is 5. The Kier molecular flexibility index (Phi) is 5.09. The van der Waals surface area contributed by atoms with Gasteiger partial charge in [-0.05, 0) is 48.7 Å². The van der Waals surface area contributed by atoms with Crippen molar-refractivity contribution in [2.45, 2.75) is 30.2 Å². The average Bonchev–Trinajstić information content (AvgIpc) is 3.20. The van der Waals surface area contributed by atoms with Gasteiger partial charge >= 0.3 is 0 Å². The highest BCUT2D eigenvalue weighted by molar-refractivity contribution is 7.91. The highest BCUT2D eigenvalue weighted by Gasteiger charge is 2.21. The first-order valence-electron chi connectivity index (χ1n) is 9.34. The van der Waals surface area contributed by atoms with Crippen molar-refractivity contribution >= 4 is 26.8 Å². The standard InChI is InChI=1S/C22H20N4O3S/c1-14-4-3-5-15(2)20(14)30(28,29)19-8-6-16(7-9-19)11-24-22(27)18-10-17-13-25-26-21(17)23-12-18/h3-10,12-13H,11H2,1-2H3,(H,24,27)(H,23,25,26). The van der Waals surface area contributed by atoms with Crippen molar-refractivity contribution in [3.8, 4) is 0 Å². The molecule has 0 saturated heterocycles. The Labute approximate surface area is 174 Å². The summed E-state index contributed by atoms with van der Waals surface area (Å²) in [6, 6.07) is 13.7. The summed E-state index contributed by atoms with van der Waals surface area (Å²) < 4.78 is 26.1. The zero-order valence-electron chi connectivity index (χ0n) is 16.5. The number of aromatic amines is 1. The Balaban J connectivity index is 1.49. The molecule has 2 aromatic carbocycles. The first kappa shape index (κ1) is 19.8. The third kappa shape index (κ3) is 3.69. The SMILES string of the molecule is Cc1cccc(C)c1S(=O)(=O)c1ccc(CNC(=O)c2cnc3[nH]ncc3c2)cc1. The van der Waals surface area contributed by atoms with Gasteiger partial charge in [0.1, 0.15) is 0 Å². The monoisotopic (exact) mass is 420 g/mol. The fourth-order valence-corrected chi connectivity index (χ4v) is 5.09. The van der Waals surface area contributed by atoms with E-state index in [4.69, 9.17) is 0 Å². The van der Waals surface area contributed by atoms with Crippen molar-refractivity contribution in [3.63, 3.8) is 0 Å². The van der Waals surface area contributed by atoms with Crippen molar-refractivity contribution in [1.82, 2.24) is 20.5 Å². The summed E-state index contributed by atoms with van der Waals surface area (Å²) >= 11 is 0. The summed E-state index contributed by atoms with van der Waals surface area (Å²) in [5, 5.41) is 10.2. The zero-order chi connectivity index (χ0) is 21.3. The zero-order valence-corrected chi connectivity index (χ0v) is 17.3. The molecule has 0 atom stereocenters. The summed E-state index contributed by atoms with van der Waals surface area (Å²) in [7, 11) is -3.61. The highest BCUT2D eigenvalue weighted by Crippen LogP contribution is 2.27. The first-order chi connectivity index (χ1) is 14.4. The molecule has 0 fully saturated rings. The fraction of sp³-hybridized carbons (Fsp3) is 0.136. The molecule has 1 amide bonds. The maximum atomic E-state index is 13.0. The van der Waals surface area contributed by atoms with Crippen molar-refractivity contribution in [2.24, 2.45) is 0 Å². The van der Waals surface area contributed by atoms with E-state index in [0.29, 0.717) is 16.1 Å². The molecule has 4 aromatic rings. The molecule has 152 valence electrons. The lowest BCUT2D eigenvalue weighted by molar-refractivity contribution is 0.0950. The van der Waals surface area contributed by atoms with Crippen molar-refractivity contribution in [3.05, 3.63) is 83.2 Å². The number of benzene rings is 2. The van der Waals surface area contributed by atoms with Crippen LogP contribution in [-0.4, -0.2) is 29.5 Å². The molecule has 2 aromatic heterocycles. The number of nitrogens with zero attached hydrogens (tertiary/aromatic N) is 2. The van der Waals surface area contributed by atoms with E-state index >= 15 is 0 Å². The van der Waals surface area contributed by atoms with Gasteiger partial charge in [-0.15, -0.1) is 0 Å². The summed E-state index contributed by atoms with van der Waals surface area (Å²) in [5.74, 6) is -0.266. The van der Waals surface area contributed by atoms with Gasteiger partial charge in [-0.1, -0.05) is 30.3 Å². The van der Waals surface area contributed by atoms with Gasteiger partial charge in [0.2, 0.25) is 9.84 Å². The highest BCUT2D eigenvalue weighted by atomic mass is 32.2. The van der Waals surface area contributed by atoms with E-state index in [9.17, 15) is 13.2 Å². The van der Waals surface area contributed by atoms with Gasteiger partial charge in [0.15, 0.2) is 5.65 Å². The van der Waals surface area contributed by atoms with E-state index in [1.54, 1.807) is 62.5 Å². The molecule has 0 unspecified atom stereocenters. The number of H-pyrrole nitrogens is 1. The molecule has 0 aliphatic rings. The van der Waals surface area contributed by atoms with Gasteiger partial charge in [-0.2, -0.15) is 5.10 Å². The van der Waals surface area contributed by atoms with Gasteiger partial charge in [-0.25, -0.2) is 13.4 Å². The van der Waals surface area contributed by atoms with E-state index in [1.807, 2.05) is 6.07 Å². The maximum Gasteiger partial charge on any atom is 0.253 e. The molecule has 30 heavy (non-hydrogen) atoms. The van der Waals surface area contributed by atoms with Gasteiger partial charge in [0, 0.05) is 18.1 Å². The van der Waals surface area contributed by atoms with Crippen LogP contribution >= 0.6 is 0 Å². The van der Waals surface area contributed by atoms with Crippen LogP contribution in [0, 0.1) is 13.8 Å². The largest absolute Gasteiger partial charge is 0.348 e. The molecular formula is C22H20N4O3S. The van der Waals surface area contributed by atoms with E-state index in [-0.39, 0.29) is 17.3 Å². The second-order valence-electron chi connectivity index (χ2n) is 7.08. The minimum absolute atomic E-state index is 0.226. The molecule has 0 spiro atoms. The molecular weight excluding hydrogens is 400 g/mol. The number of carbonyl (C=O) groups excluding carboxylic acids is 1. The fourth-order valence-electron chi connectivity index (χ4n) is 3.37. The van der Waals surface area contributed by atoms with Crippen molar-refractivity contribution < 1.29 is 13.2 Å². The van der Waals surface area contributed by atoms with Gasteiger partial charge in [0.05, 0.1) is 21.6 Å². The molecule has 0 bridgehead atoms. The number of pyridine rings is 1. The third-order valence-corrected chi connectivity index (χ3v) is 6.99. The number of nitrogens with one attached hydrogen (secondary N) is 2. The van der Waals surface area contributed by atoms with Crippen LogP contribution in [0.3, 0.4) is 0 Å². The number of sulfone groups is 1. The molecule has 4 rings (SSSR count). The van der Waals surface area contributed by atoms with Crippen LogP contribution in [0.25, 0.3) is 11.0 Å². The molecule has 2 heterocycles. The quantitative estimate of drug-likeness (QED) is 0.515. The first-order valence-corrected chi connectivity index (χ1v) is 10.8. The normalized spacial score (nSPS) is 11.5. The lowest BCUT2D eigenvalue weighted by Crippen LogP contribution is -2.22. The molecule has 0 aliphatic carbocycles. The summed E-state index contributed by atoms with van der Waals surface area (Å²) in [6.07, 6.45) is 3.09. The summed E-state index contributed by atoms with van der Waals surface area (Å²) in [5.41, 5.74) is 3.27. The predicted octanol–water partition coefficient (Wildman–Crippen LogP) is 3.34. The minimum Gasteiger partial charge on any atom is -0.348 e. The number of aryl methyl sites for hydroxylation is 2. The second kappa shape index (κ2) is 7.72. The number of hydrogen-bond donors (Lipinski definition) is 2. The topological polar surface area (TPSA) is 105 Å². The lowest BCUT2D eigenvalue weighted by atomic mass is 10.2. The van der Waals surface area contributed by atoms with Crippen LogP contribution in [0.15, 0.2) is 70.7 Å². The average molecular weight is 420 g/mol. The molecule has 8 heteroatoms. The van der Waals surface area contributed by atoms with Crippen molar-refractivity contribution in [2.75, 3.05) is 0 Å². The summed E-state index contributed by atoms with van der Waals surface area (Å²) in [6.45, 7) is 3.85. The van der Waals surface area contributed by atoms with Crippen LogP contribution in [0.4, 0.5) is 0 Å². The Morgan fingerprint density at radius 1 is 1.03 bits per heavy atom. The molecule has 0 saturated carbocycles. The maximum absolute atomic E-state index is 13.0. The molecule has 7 nitrogen and oxygen atoms in total. The number of amides is 1. The number of carbonyl (C=O) groups is 1. The smallest absolute Gasteiger partial charge is 0.253 e. The van der Waals surface area contributed by atoms with E-state index in [0.717, 1.165) is 22.1 Å². The molecule has 0 aliphatic heterocycles. The van der Waals surface area contributed by atoms with Crippen molar-refractivity contribution in [1.29, 1.82) is 0 Å². The second-order valence-corrected chi connectivity index (χ2v) is 8.97. The number of fused-ring (bicyclic) bond motifs is 1. The van der Waals surface area contributed by atoms with Crippen LogP contribution in [-0.2, 0) is 16.4 Å². The third-order valence-electron chi connectivity index (χ3n) is 4.92. The van der Waals surface area contributed by atoms with Crippen LogP contribution in [0.5, 0.6) is 0 Å². The van der Waals surface area contributed by atoms with E-state index in [2.05, 4.69) is 20.5 Å². The molecule has 0 radical (unpaired) electrons. The number of aromatic nitrogens is 3. The predicted molar refractivity (Wildman–Crippen MR) is 113 cm³/mol. The van der Waals surface area contributed by atoms with E-state index < -0.39 is 9.84 Å². The van der Waals surface area contributed by atoms with Gasteiger partial charge in [0.25, 0.3) is 5.91 Å². The minimum atomic E-state index is -3.61. The Morgan fingerprint density at radius 2 is 1.73 bits per heavy atom. The number of rotatable bonds is 5. The Hall–Kier alpha value is -3.52. The molecule has 2 N–H and O–H groups in total. The van der Waals surface area contributed by atoms with E-state index in [1.165, 1.54) is 6.20 Å². The van der Waals surface area contributed by atoms with Gasteiger partial charge < -0.3 is 5.32 Å². The Bertz CT molecular complexity index is 1320. The Morgan fingerprint density at radius 3 is 2.43 bits per heavy atom. The lowest BCUT2D eigenvalue weighted by Gasteiger charge is -2.11. The van der Waals surface area contributed by atoms with Crippen LogP contribution in [0.1, 0.15) is 27.0 Å². The summed E-state index contributed by atoms with van der Waals surface area (Å²) in [4.78, 5) is 17.1.